The van der Waals surface area contributed by atoms with E-state index in [4.69, 9.17) is 0 Å². The first-order valence-electron chi connectivity index (χ1n) is 6.46. The molecule has 0 aromatic heterocycles. The molecule has 0 aromatic rings. The molecule has 0 aromatic carbocycles. The van der Waals surface area contributed by atoms with Crippen molar-refractivity contribution in [2.75, 3.05) is 6.54 Å². The van der Waals surface area contributed by atoms with E-state index in [0.717, 1.165) is 51.5 Å². The Labute approximate surface area is 97.8 Å². The Balaban J connectivity index is 2.12. The maximum atomic E-state index is 11.5. The molecule has 1 aliphatic rings. The Morgan fingerprint density at radius 1 is 1.31 bits per heavy atom. The largest absolute Gasteiger partial charge is 0.391 e. The van der Waals surface area contributed by atoms with Crippen molar-refractivity contribution in [2.45, 2.75) is 64.0 Å². The summed E-state index contributed by atoms with van der Waals surface area (Å²) in [7, 11) is 0. The van der Waals surface area contributed by atoms with Gasteiger partial charge in [-0.05, 0) is 19.3 Å². The van der Waals surface area contributed by atoms with Gasteiger partial charge < -0.3 is 15.7 Å². The number of nitrogens with one attached hydrogen (secondary N) is 2. The van der Waals surface area contributed by atoms with Crippen LogP contribution in [0.3, 0.4) is 0 Å². The van der Waals surface area contributed by atoms with E-state index >= 15 is 0 Å². The number of unbranched alkanes of at least 4 members (excludes halogenated alkanes) is 2. The van der Waals surface area contributed by atoms with Crippen LogP contribution in [0.4, 0.5) is 4.79 Å². The van der Waals surface area contributed by atoms with Crippen LogP contribution in [-0.4, -0.2) is 29.8 Å². The molecule has 0 radical (unpaired) electrons. The Hall–Kier alpha value is -0.770. The molecule has 1 aliphatic carbocycles. The molecular formula is C12H24N2O2. The second kappa shape index (κ2) is 7.49. The fraction of sp³-hybridized carbons (Fsp3) is 0.917. The van der Waals surface area contributed by atoms with Crippen molar-refractivity contribution in [3.05, 3.63) is 0 Å². The van der Waals surface area contributed by atoms with Crippen LogP contribution in [-0.2, 0) is 0 Å². The summed E-state index contributed by atoms with van der Waals surface area (Å²) in [5.41, 5.74) is 0. The van der Waals surface area contributed by atoms with Gasteiger partial charge in [0.2, 0.25) is 0 Å². The highest BCUT2D eigenvalue weighted by Crippen LogP contribution is 2.18. The molecule has 0 aliphatic heterocycles. The van der Waals surface area contributed by atoms with E-state index in [2.05, 4.69) is 17.6 Å². The third-order valence-electron chi connectivity index (χ3n) is 3.11. The van der Waals surface area contributed by atoms with Gasteiger partial charge in [-0.3, -0.25) is 0 Å². The fourth-order valence-corrected chi connectivity index (χ4v) is 2.08. The van der Waals surface area contributed by atoms with Crippen LogP contribution >= 0.6 is 0 Å². The molecule has 1 fully saturated rings. The maximum absolute atomic E-state index is 11.5. The lowest BCUT2D eigenvalue weighted by Gasteiger charge is -2.28. The summed E-state index contributed by atoms with van der Waals surface area (Å²) in [6.45, 7) is 2.86. The summed E-state index contributed by atoms with van der Waals surface area (Å²) in [5, 5.41) is 15.4. The Kier molecular flexibility index (Phi) is 6.23. The third-order valence-corrected chi connectivity index (χ3v) is 3.11. The lowest BCUT2D eigenvalue weighted by molar-refractivity contribution is 0.0943. The Morgan fingerprint density at radius 3 is 2.75 bits per heavy atom. The predicted octanol–water partition coefficient (Wildman–Crippen LogP) is 1.78. The first-order chi connectivity index (χ1) is 7.74. The minimum absolute atomic E-state index is 0.0556. The minimum atomic E-state index is -0.366. The number of hydrogen-bond donors (Lipinski definition) is 3. The van der Waals surface area contributed by atoms with Crippen molar-refractivity contribution in [3.8, 4) is 0 Å². The molecule has 2 atom stereocenters. The lowest BCUT2D eigenvalue weighted by Crippen LogP contribution is -2.49. The SMILES string of the molecule is CCCCCNC(=O)NC1CCCCC1O. The third kappa shape index (κ3) is 4.84. The summed E-state index contributed by atoms with van der Waals surface area (Å²) < 4.78 is 0. The Bertz CT molecular complexity index is 209. The van der Waals surface area contributed by atoms with Crippen LogP contribution in [0.15, 0.2) is 0 Å². The number of rotatable bonds is 5. The summed E-state index contributed by atoms with van der Waals surface area (Å²) in [4.78, 5) is 11.5. The van der Waals surface area contributed by atoms with Gasteiger partial charge in [-0.15, -0.1) is 0 Å². The van der Waals surface area contributed by atoms with Crippen LogP contribution < -0.4 is 10.6 Å². The summed E-state index contributed by atoms with van der Waals surface area (Å²) >= 11 is 0. The summed E-state index contributed by atoms with van der Waals surface area (Å²) in [6, 6.07) is -0.193. The second-order valence-corrected chi connectivity index (χ2v) is 4.57. The van der Waals surface area contributed by atoms with E-state index in [1.54, 1.807) is 0 Å². The van der Waals surface area contributed by atoms with Crippen LogP contribution in [0.2, 0.25) is 0 Å². The highest BCUT2D eigenvalue weighted by Gasteiger charge is 2.24. The highest BCUT2D eigenvalue weighted by atomic mass is 16.3. The molecule has 2 unspecified atom stereocenters. The average molecular weight is 228 g/mol. The fourth-order valence-electron chi connectivity index (χ4n) is 2.08. The summed E-state index contributed by atoms with van der Waals surface area (Å²) in [6.07, 6.45) is 6.82. The van der Waals surface area contributed by atoms with Crippen molar-refractivity contribution in [1.82, 2.24) is 10.6 Å². The second-order valence-electron chi connectivity index (χ2n) is 4.57. The van der Waals surface area contributed by atoms with Gasteiger partial charge in [-0.25, -0.2) is 4.79 Å². The van der Waals surface area contributed by atoms with E-state index in [1.165, 1.54) is 0 Å². The number of carbonyl (C=O) groups excluding carboxylic acids is 1. The number of hydrogen-bond acceptors (Lipinski definition) is 2. The molecule has 1 rings (SSSR count). The number of carbonyl (C=O) groups is 1. The van der Waals surface area contributed by atoms with Crippen LogP contribution in [0.25, 0.3) is 0 Å². The molecule has 4 nitrogen and oxygen atoms in total. The van der Waals surface area contributed by atoms with Crippen LogP contribution in [0, 0.1) is 0 Å². The number of aliphatic hydroxyl groups is 1. The average Bonchev–Trinajstić information content (AvgIpc) is 2.28. The molecule has 1 saturated carbocycles. The first kappa shape index (κ1) is 13.3. The first-order valence-corrected chi connectivity index (χ1v) is 6.46. The van der Waals surface area contributed by atoms with Gasteiger partial charge in [0.1, 0.15) is 0 Å². The van der Waals surface area contributed by atoms with E-state index < -0.39 is 0 Å². The topological polar surface area (TPSA) is 61.4 Å². The number of amides is 2. The standard InChI is InChI=1S/C12H24N2O2/c1-2-3-6-9-13-12(16)14-10-7-4-5-8-11(10)15/h10-11,15H,2-9H2,1H3,(H2,13,14,16). The normalized spacial score (nSPS) is 25.1. The summed E-state index contributed by atoms with van der Waals surface area (Å²) in [5.74, 6) is 0. The van der Waals surface area contributed by atoms with Crippen molar-refractivity contribution in [1.29, 1.82) is 0 Å². The minimum Gasteiger partial charge on any atom is -0.391 e. The predicted molar refractivity (Wildman–Crippen MR) is 64.3 cm³/mol. The molecule has 3 N–H and O–H groups in total. The maximum Gasteiger partial charge on any atom is 0.315 e. The Morgan fingerprint density at radius 2 is 2.06 bits per heavy atom. The molecule has 0 heterocycles. The van der Waals surface area contributed by atoms with Gasteiger partial charge in [-0.1, -0.05) is 32.6 Å². The number of urea groups is 1. The molecular weight excluding hydrogens is 204 g/mol. The van der Waals surface area contributed by atoms with Crippen molar-refractivity contribution in [3.63, 3.8) is 0 Å². The van der Waals surface area contributed by atoms with Gasteiger partial charge in [0, 0.05) is 6.54 Å². The number of aliphatic hydroxyl groups excluding tert-OH is 1. The molecule has 16 heavy (non-hydrogen) atoms. The molecule has 4 heteroatoms. The highest BCUT2D eigenvalue weighted by molar-refractivity contribution is 5.74. The van der Waals surface area contributed by atoms with Crippen molar-refractivity contribution < 1.29 is 9.90 Å². The quantitative estimate of drug-likeness (QED) is 0.628. The van der Waals surface area contributed by atoms with Gasteiger partial charge in [0.05, 0.1) is 12.1 Å². The van der Waals surface area contributed by atoms with E-state index in [9.17, 15) is 9.90 Å². The monoisotopic (exact) mass is 228 g/mol. The smallest absolute Gasteiger partial charge is 0.315 e. The van der Waals surface area contributed by atoms with Gasteiger partial charge in [-0.2, -0.15) is 0 Å². The van der Waals surface area contributed by atoms with Gasteiger partial charge in [0.15, 0.2) is 0 Å². The van der Waals surface area contributed by atoms with E-state index in [-0.39, 0.29) is 18.2 Å². The zero-order valence-electron chi connectivity index (χ0n) is 10.2. The lowest BCUT2D eigenvalue weighted by atomic mass is 9.93. The van der Waals surface area contributed by atoms with E-state index in [1.807, 2.05) is 0 Å². The van der Waals surface area contributed by atoms with Crippen molar-refractivity contribution >= 4 is 6.03 Å². The molecule has 0 bridgehead atoms. The molecule has 0 saturated heterocycles. The zero-order chi connectivity index (χ0) is 11.8. The van der Waals surface area contributed by atoms with E-state index in [0.29, 0.717) is 0 Å². The molecule has 94 valence electrons. The van der Waals surface area contributed by atoms with Gasteiger partial charge in [0.25, 0.3) is 0 Å². The van der Waals surface area contributed by atoms with Crippen LogP contribution in [0.1, 0.15) is 51.9 Å². The molecule has 2 amide bonds. The molecule has 0 spiro atoms. The zero-order valence-corrected chi connectivity index (χ0v) is 10.2. The van der Waals surface area contributed by atoms with Crippen molar-refractivity contribution in [2.24, 2.45) is 0 Å². The van der Waals surface area contributed by atoms with Gasteiger partial charge >= 0.3 is 6.03 Å². The van der Waals surface area contributed by atoms with Crippen LogP contribution in [0.5, 0.6) is 0 Å².